The molecule has 0 spiro atoms. The van der Waals surface area contributed by atoms with Gasteiger partial charge in [0.15, 0.2) is 0 Å². The fourth-order valence-corrected chi connectivity index (χ4v) is 3.31. The third-order valence-electron chi connectivity index (χ3n) is 3.41. The Bertz CT molecular complexity index is 820. The summed E-state index contributed by atoms with van der Waals surface area (Å²) in [5.74, 6) is -0.503. The summed E-state index contributed by atoms with van der Waals surface area (Å²) in [6.07, 6.45) is 0. The summed E-state index contributed by atoms with van der Waals surface area (Å²) < 4.78 is 39.7. The monoisotopic (exact) mass is 335 g/mol. The summed E-state index contributed by atoms with van der Waals surface area (Å²) in [7, 11) is -3.78. The van der Waals surface area contributed by atoms with Crippen molar-refractivity contribution < 1.29 is 17.6 Å². The quantitative estimate of drug-likeness (QED) is 0.899. The maximum atomic E-state index is 12.9. The highest BCUT2D eigenvalue weighted by Crippen LogP contribution is 2.21. The van der Waals surface area contributed by atoms with Crippen LogP contribution in [0, 0.1) is 5.82 Å². The first-order valence-corrected chi connectivity index (χ1v) is 8.38. The Hall–Kier alpha value is -2.61. The first-order valence-electron chi connectivity index (χ1n) is 6.89. The molecule has 1 saturated heterocycles. The molecule has 6 nitrogen and oxygen atoms in total. The van der Waals surface area contributed by atoms with Gasteiger partial charge in [-0.2, -0.15) is 0 Å². The van der Waals surface area contributed by atoms with E-state index in [0.29, 0.717) is 24.5 Å². The van der Waals surface area contributed by atoms with Crippen molar-refractivity contribution in [3.05, 3.63) is 54.3 Å². The molecule has 1 aliphatic rings. The molecule has 0 aliphatic carbocycles. The number of amides is 2. The van der Waals surface area contributed by atoms with Gasteiger partial charge in [0.1, 0.15) is 5.82 Å². The lowest BCUT2D eigenvalue weighted by molar-refractivity contribution is 0.252. The Morgan fingerprint density at radius 3 is 2.26 bits per heavy atom. The van der Waals surface area contributed by atoms with E-state index in [1.807, 2.05) is 0 Å². The van der Waals surface area contributed by atoms with Gasteiger partial charge in [-0.05, 0) is 48.5 Å². The molecule has 2 amide bonds. The molecule has 0 aromatic heterocycles. The SMILES string of the molecule is O=C1NCCN1c1ccc(NS(=O)(=O)c2ccc(F)cc2)cc1. The highest BCUT2D eigenvalue weighted by Gasteiger charge is 2.21. The summed E-state index contributed by atoms with van der Waals surface area (Å²) in [5.41, 5.74) is 1.04. The summed E-state index contributed by atoms with van der Waals surface area (Å²) >= 11 is 0. The normalized spacial score (nSPS) is 14.7. The summed E-state index contributed by atoms with van der Waals surface area (Å²) in [6.45, 7) is 1.15. The summed E-state index contributed by atoms with van der Waals surface area (Å²) in [6, 6.07) is 10.9. The van der Waals surface area contributed by atoms with Crippen molar-refractivity contribution >= 4 is 27.4 Å². The molecule has 0 unspecified atom stereocenters. The van der Waals surface area contributed by atoms with Gasteiger partial charge in [-0.15, -0.1) is 0 Å². The van der Waals surface area contributed by atoms with Gasteiger partial charge in [-0.25, -0.2) is 17.6 Å². The van der Waals surface area contributed by atoms with Crippen LogP contribution in [-0.4, -0.2) is 27.5 Å². The average Bonchev–Trinajstić information content (AvgIpc) is 2.94. The predicted octanol–water partition coefficient (Wildman–Crippen LogP) is 2.16. The van der Waals surface area contributed by atoms with Gasteiger partial charge in [0.25, 0.3) is 10.0 Å². The fourth-order valence-electron chi connectivity index (χ4n) is 2.26. The molecule has 0 radical (unpaired) electrons. The highest BCUT2D eigenvalue weighted by atomic mass is 32.2. The van der Waals surface area contributed by atoms with Crippen molar-refractivity contribution in [2.24, 2.45) is 0 Å². The number of carbonyl (C=O) groups is 1. The standard InChI is InChI=1S/C15H14FN3O3S/c16-11-1-7-14(8-2-11)23(21,22)18-12-3-5-13(6-4-12)19-10-9-17-15(19)20/h1-8,18H,9-10H2,(H,17,20). The van der Waals surface area contributed by atoms with E-state index in [1.165, 1.54) is 12.1 Å². The van der Waals surface area contributed by atoms with Crippen LogP contribution in [0.4, 0.5) is 20.6 Å². The second-order valence-corrected chi connectivity index (χ2v) is 6.67. The van der Waals surface area contributed by atoms with Gasteiger partial charge in [-0.1, -0.05) is 0 Å². The molecule has 2 N–H and O–H groups in total. The minimum Gasteiger partial charge on any atom is -0.336 e. The second-order valence-electron chi connectivity index (χ2n) is 4.99. The third kappa shape index (κ3) is 3.26. The summed E-state index contributed by atoms with van der Waals surface area (Å²) in [4.78, 5) is 13.1. The van der Waals surface area contributed by atoms with Crippen LogP contribution in [0.15, 0.2) is 53.4 Å². The van der Waals surface area contributed by atoms with Gasteiger partial charge < -0.3 is 5.32 Å². The molecule has 120 valence electrons. The molecule has 0 saturated carbocycles. The number of benzene rings is 2. The number of rotatable bonds is 4. The van der Waals surface area contributed by atoms with E-state index in [2.05, 4.69) is 10.0 Å². The Morgan fingerprint density at radius 1 is 1.04 bits per heavy atom. The lowest BCUT2D eigenvalue weighted by atomic mass is 10.2. The molecule has 0 atom stereocenters. The Labute approximate surface area is 133 Å². The van der Waals surface area contributed by atoms with Crippen molar-refractivity contribution in [3.63, 3.8) is 0 Å². The molecular formula is C15H14FN3O3S. The number of nitrogens with zero attached hydrogens (tertiary/aromatic N) is 1. The van der Waals surface area contributed by atoms with E-state index in [9.17, 15) is 17.6 Å². The third-order valence-corrected chi connectivity index (χ3v) is 4.81. The smallest absolute Gasteiger partial charge is 0.321 e. The van der Waals surface area contributed by atoms with Crippen molar-refractivity contribution in [2.75, 3.05) is 22.7 Å². The molecule has 0 bridgehead atoms. The number of halogens is 1. The van der Waals surface area contributed by atoms with E-state index in [4.69, 9.17) is 0 Å². The van der Waals surface area contributed by atoms with Crippen LogP contribution in [0.25, 0.3) is 0 Å². The largest absolute Gasteiger partial charge is 0.336 e. The number of anilines is 2. The van der Waals surface area contributed by atoms with Gasteiger partial charge in [0.2, 0.25) is 0 Å². The minimum absolute atomic E-state index is 0.0260. The number of urea groups is 1. The van der Waals surface area contributed by atoms with Crippen LogP contribution in [0.2, 0.25) is 0 Å². The van der Waals surface area contributed by atoms with E-state index in [-0.39, 0.29) is 10.9 Å². The highest BCUT2D eigenvalue weighted by molar-refractivity contribution is 7.92. The molecular weight excluding hydrogens is 321 g/mol. The maximum Gasteiger partial charge on any atom is 0.321 e. The van der Waals surface area contributed by atoms with Gasteiger partial charge in [-0.3, -0.25) is 9.62 Å². The lowest BCUT2D eigenvalue weighted by Gasteiger charge is -2.15. The van der Waals surface area contributed by atoms with E-state index in [0.717, 1.165) is 12.1 Å². The number of carbonyl (C=O) groups excluding carboxylic acids is 1. The fraction of sp³-hybridized carbons (Fsp3) is 0.133. The van der Waals surface area contributed by atoms with Crippen LogP contribution in [-0.2, 0) is 10.0 Å². The van der Waals surface area contributed by atoms with E-state index < -0.39 is 15.8 Å². The molecule has 23 heavy (non-hydrogen) atoms. The summed E-state index contributed by atoms with van der Waals surface area (Å²) in [5, 5.41) is 2.69. The van der Waals surface area contributed by atoms with E-state index >= 15 is 0 Å². The molecule has 1 fully saturated rings. The van der Waals surface area contributed by atoms with Crippen molar-refractivity contribution in [1.29, 1.82) is 0 Å². The lowest BCUT2D eigenvalue weighted by Crippen LogP contribution is -2.27. The molecule has 1 aliphatic heterocycles. The van der Waals surface area contributed by atoms with Gasteiger partial charge >= 0.3 is 6.03 Å². The van der Waals surface area contributed by atoms with Crippen molar-refractivity contribution in [2.45, 2.75) is 4.90 Å². The van der Waals surface area contributed by atoms with Crippen LogP contribution in [0.1, 0.15) is 0 Å². The van der Waals surface area contributed by atoms with Crippen molar-refractivity contribution in [1.82, 2.24) is 5.32 Å². The first-order chi connectivity index (χ1) is 11.0. The van der Waals surface area contributed by atoms with Crippen LogP contribution >= 0.6 is 0 Å². The Kier molecular flexibility index (Phi) is 3.91. The number of hydrogen-bond acceptors (Lipinski definition) is 3. The first kappa shape index (κ1) is 15.3. The van der Waals surface area contributed by atoms with Crippen LogP contribution in [0.5, 0.6) is 0 Å². The second kappa shape index (κ2) is 5.88. The Balaban J connectivity index is 1.77. The molecule has 2 aromatic carbocycles. The molecule has 1 heterocycles. The number of sulfonamides is 1. The van der Waals surface area contributed by atoms with E-state index in [1.54, 1.807) is 29.2 Å². The zero-order valence-electron chi connectivity index (χ0n) is 12.0. The molecule has 2 aromatic rings. The number of nitrogens with one attached hydrogen (secondary N) is 2. The maximum absolute atomic E-state index is 12.9. The zero-order chi connectivity index (χ0) is 16.4. The Morgan fingerprint density at radius 2 is 1.70 bits per heavy atom. The number of hydrogen-bond donors (Lipinski definition) is 2. The van der Waals surface area contributed by atoms with Crippen molar-refractivity contribution in [3.8, 4) is 0 Å². The van der Waals surface area contributed by atoms with Gasteiger partial charge in [0.05, 0.1) is 4.90 Å². The van der Waals surface area contributed by atoms with Gasteiger partial charge in [0, 0.05) is 24.5 Å². The predicted molar refractivity (Wildman–Crippen MR) is 84.4 cm³/mol. The molecule has 8 heteroatoms. The molecule has 3 rings (SSSR count). The average molecular weight is 335 g/mol. The van der Waals surface area contributed by atoms with Crippen LogP contribution in [0.3, 0.4) is 0 Å². The minimum atomic E-state index is -3.78. The topological polar surface area (TPSA) is 78.5 Å². The van der Waals surface area contributed by atoms with Crippen LogP contribution < -0.4 is 14.9 Å². The zero-order valence-corrected chi connectivity index (χ0v) is 12.8.